The van der Waals surface area contributed by atoms with E-state index in [9.17, 15) is 0 Å². The van der Waals surface area contributed by atoms with E-state index in [2.05, 4.69) is 66.6 Å². The molecule has 20 heavy (non-hydrogen) atoms. The van der Waals surface area contributed by atoms with E-state index in [0.717, 1.165) is 30.7 Å². The van der Waals surface area contributed by atoms with Gasteiger partial charge in [-0.3, -0.25) is 4.98 Å². The molecule has 3 nitrogen and oxygen atoms in total. The van der Waals surface area contributed by atoms with Crippen molar-refractivity contribution >= 4 is 10.9 Å². The van der Waals surface area contributed by atoms with E-state index >= 15 is 0 Å². The molecule has 0 spiro atoms. The average Bonchev–Trinajstić information content (AvgIpc) is 2.42. The molecule has 1 aromatic carbocycles. The molecule has 0 saturated heterocycles. The van der Waals surface area contributed by atoms with Crippen LogP contribution in [0.5, 0.6) is 0 Å². The third-order valence-corrected chi connectivity index (χ3v) is 3.44. The lowest BCUT2D eigenvalue weighted by molar-refractivity contribution is 0.342. The quantitative estimate of drug-likeness (QED) is 0.875. The molecule has 2 aromatic rings. The molecule has 108 valence electrons. The van der Waals surface area contributed by atoms with Crippen molar-refractivity contribution in [3.05, 3.63) is 41.6 Å². The first-order valence-corrected chi connectivity index (χ1v) is 7.35. The van der Waals surface area contributed by atoms with Crippen molar-refractivity contribution < 1.29 is 0 Å². The number of aromatic nitrogens is 1. The van der Waals surface area contributed by atoms with Gasteiger partial charge in [-0.2, -0.15) is 0 Å². The van der Waals surface area contributed by atoms with Crippen LogP contribution in [0.2, 0.25) is 0 Å². The van der Waals surface area contributed by atoms with Gasteiger partial charge in [0.1, 0.15) is 0 Å². The van der Waals surface area contributed by atoms with Gasteiger partial charge >= 0.3 is 0 Å². The highest BCUT2D eigenvalue weighted by atomic mass is 15.1. The first-order chi connectivity index (χ1) is 9.60. The van der Waals surface area contributed by atoms with Crippen molar-refractivity contribution in [3.8, 4) is 0 Å². The Hall–Kier alpha value is -1.45. The predicted octanol–water partition coefficient (Wildman–Crippen LogP) is 3.15. The van der Waals surface area contributed by atoms with Gasteiger partial charge < -0.3 is 10.2 Å². The van der Waals surface area contributed by atoms with Crippen LogP contribution in [0.3, 0.4) is 0 Å². The Morgan fingerprint density at radius 3 is 2.70 bits per heavy atom. The molecule has 2 rings (SSSR count). The van der Waals surface area contributed by atoms with Crippen molar-refractivity contribution in [3.63, 3.8) is 0 Å². The third kappa shape index (κ3) is 3.78. The molecule has 0 bridgehead atoms. The lowest BCUT2D eigenvalue weighted by atomic mass is 10.0. The fourth-order valence-electron chi connectivity index (χ4n) is 2.43. The minimum absolute atomic E-state index is 0.371. The monoisotopic (exact) mass is 271 g/mol. The number of pyridine rings is 1. The van der Waals surface area contributed by atoms with Crippen LogP contribution in [0.25, 0.3) is 10.9 Å². The number of hydrogen-bond acceptors (Lipinski definition) is 3. The van der Waals surface area contributed by atoms with Gasteiger partial charge in [0.2, 0.25) is 0 Å². The summed E-state index contributed by atoms with van der Waals surface area (Å²) in [6.07, 6.45) is 1.15. The fraction of sp³-hybridized carbons (Fsp3) is 0.471. The normalized spacial score (nSPS) is 13.1. The fourth-order valence-corrected chi connectivity index (χ4v) is 2.43. The van der Waals surface area contributed by atoms with Crippen LogP contribution in [-0.2, 0) is 0 Å². The number of fused-ring (bicyclic) bond motifs is 1. The van der Waals surface area contributed by atoms with Crippen molar-refractivity contribution in [2.45, 2.75) is 26.3 Å². The Kier molecular flexibility index (Phi) is 5.10. The number of likely N-dealkylation sites (N-methyl/N-ethyl adjacent to an activating group) is 1. The topological polar surface area (TPSA) is 28.2 Å². The highest BCUT2D eigenvalue weighted by Gasteiger charge is 2.12. The van der Waals surface area contributed by atoms with Gasteiger partial charge in [0.15, 0.2) is 0 Å². The zero-order valence-electron chi connectivity index (χ0n) is 13.0. The minimum atomic E-state index is 0.371. The first-order valence-electron chi connectivity index (χ1n) is 7.35. The van der Waals surface area contributed by atoms with Crippen molar-refractivity contribution in [2.24, 2.45) is 0 Å². The molecular formula is C17H25N3. The average molecular weight is 271 g/mol. The largest absolute Gasteiger partial charge is 0.309 e. The highest BCUT2D eigenvalue weighted by Crippen LogP contribution is 2.20. The maximum absolute atomic E-state index is 4.57. The Labute approximate surface area is 122 Å². The summed E-state index contributed by atoms with van der Waals surface area (Å²) in [7, 11) is 4.24. The zero-order valence-corrected chi connectivity index (χ0v) is 13.0. The van der Waals surface area contributed by atoms with Gasteiger partial charge in [-0.05, 0) is 57.7 Å². The van der Waals surface area contributed by atoms with Crippen molar-refractivity contribution in [1.82, 2.24) is 15.2 Å². The molecule has 3 heteroatoms. The SMILES string of the molecule is CCCNC(CN(C)C)c1ccc2nc(C)ccc2c1. The summed E-state index contributed by atoms with van der Waals surface area (Å²) in [5.41, 5.74) is 3.48. The number of rotatable bonds is 6. The number of nitrogens with one attached hydrogen (secondary N) is 1. The number of benzene rings is 1. The molecule has 1 heterocycles. The molecular weight excluding hydrogens is 246 g/mol. The molecule has 0 aliphatic rings. The van der Waals surface area contributed by atoms with Crippen LogP contribution in [0.15, 0.2) is 30.3 Å². The molecule has 0 amide bonds. The van der Waals surface area contributed by atoms with Gasteiger partial charge in [0.05, 0.1) is 5.52 Å². The van der Waals surface area contributed by atoms with Crippen molar-refractivity contribution in [2.75, 3.05) is 27.2 Å². The molecule has 0 radical (unpaired) electrons. The molecule has 0 aliphatic heterocycles. The Morgan fingerprint density at radius 1 is 1.20 bits per heavy atom. The smallest absolute Gasteiger partial charge is 0.0705 e. The minimum Gasteiger partial charge on any atom is -0.309 e. The van der Waals surface area contributed by atoms with Crippen LogP contribution in [0, 0.1) is 6.92 Å². The van der Waals surface area contributed by atoms with E-state index in [1.807, 2.05) is 6.92 Å². The second-order valence-corrected chi connectivity index (χ2v) is 5.67. The summed E-state index contributed by atoms with van der Waals surface area (Å²) in [5.74, 6) is 0. The summed E-state index contributed by atoms with van der Waals surface area (Å²) in [6, 6.07) is 11.2. The lowest BCUT2D eigenvalue weighted by Gasteiger charge is -2.23. The van der Waals surface area contributed by atoms with E-state index in [1.165, 1.54) is 10.9 Å². The Morgan fingerprint density at radius 2 is 2.00 bits per heavy atom. The van der Waals surface area contributed by atoms with Crippen molar-refractivity contribution in [1.29, 1.82) is 0 Å². The highest BCUT2D eigenvalue weighted by molar-refractivity contribution is 5.79. The molecule has 0 aliphatic carbocycles. The maximum atomic E-state index is 4.57. The van der Waals surface area contributed by atoms with E-state index < -0.39 is 0 Å². The standard InChI is InChI=1S/C17H25N3/c1-5-10-18-17(12-20(3)4)15-8-9-16-14(11-15)7-6-13(2)19-16/h6-9,11,17-18H,5,10,12H2,1-4H3. The molecule has 1 N–H and O–H groups in total. The number of nitrogens with zero attached hydrogens (tertiary/aromatic N) is 2. The van der Waals surface area contributed by atoms with Gasteiger partial charge in [-0.1, -0.05) is 19.1 Å². The van der Waals surface area contributed by atoms with Crippen LogP contribution >= 0.6 is 0 Å². The first kappa shape index (κ1) is 14.9. The maximum Gasteiger partial charge on any atom is 0.0705 e. The van der Waals surface area contributed by atoms with E-state index in [-0.39, 0.29) is 0 Å². The predicted molar refractivity (Wildman–Crippen MR) is 86.1 cm³/mol. The van der Waals surface area contributed by atoms with E-state index in [0.29, 0.717) is 6.04 Å². The molecule has 1 atom stereocenters. The van der Waals surface area contributed by atoms with Gasteiger partial charge in [0, 0.05) is 23.7 Å². The molecule has 0 fully saturated rings. The number of aryl methyl sites for hydroxylation is 1. The van der Waals surface area contributed by atoms with E-state index in [4.69, 9.17) is 0 Å². The Bertz CT molecular complexity index is 563. The van der Waals surface area contributed by atoms with Gasteiger partial charge in [0.25, 0.3) is 0 Å². The van der Waals surface area contributed by atoms with Crippen LogP contribution in [-0.4, -0.2) is 37.1 Å². The van der Waals surface area contributed by atoms with Crippen LogP contribution in [0.1, 0.15) is 30.6 Å². The summed E-state index contributed by atoms with van der Waals surface area (Å²) in [4.78, 5) is 6.80. The van der Waals surface area contributed by atoms with Crippen LogP contribution < -0.4 is 5.32 Å². The van der Waals surface area contributed by atoms with Gasteiger partial charge in [-0.25, -0.2) is 0 Å². The second-order valence-electron chi connectivity index (χ2n) is 5.67. The third-order valence-electron chi connectivity index (χ3n) is 3.44. The summed E-state index contributed by atoms with van der Waals surface area (Å²) < 4.78 is 0. The van der Waals surface area contributed by atoms with E-state index in [1.54, 1.807) is 0 Å². The summed E-state index contributed by atoms with van der Waals surface area (Å²) in [5, 5.41) is 4.85. The second kappa shape index (κ2) is 6.82. The Balaban J connectivity index is 2.29. The lowest BCUT2D eigenvalue weighted by Crippen LogP contribution is -2.31. The molecule has 0 saturated carbocycles. The number of hydrogen-bond donors (Lipinski definition) is 1. The summed E-state index contributed by atoms with van der Waals surface area (Å²) >= 11 is 0. The molecule has 1 unspecified atom stereocenters. The van der Waals surface area contributed by atoms with Gasteiger partial charge in [-0.15, -0.1) is 0 Å². The molecule has 1 aromatic heterocycles. The zero-order chi connectivity index (χ0) is 14.5. The summed E-state index contributed by atoms with van der Waals surface area (Å²) in [6.45, 7) is 6.28. The van der Waals surface area contributed by atoms with Crippen LogP contribution in [0.4, 0.5) is 0 Å².